The molecule has 2 rings (SSSR count). The minimum Gasteiger partial charge on any atom is -0.497 e. The number of benzene rings is 2. The van der Waals surface area contributed by atoms with Gasteiger partial charge in [0.2, 0.25) is 0 Å². The highest BCUT2D eigenvalue weighted by atomic mass is 35.5. The van der Waals surface area contributed by atoms with Crippen molar-refractivity contribution >= 4 is 33.3 Å². The van der Waals surface area contributed by atoms with E-state index in [0.717, 1.165) is 0 Å². The van der Waals surface area contributed by atoms with E-state index in [1.54, 1.807) is 24.3 Å². The van der Waals surface area contributed by atoms with E-state index in [2.05, 4.69) is 9.46 Å². The summed E-state index contributed by atoms with van der Waals surface area (Å²) < 4.78 is 36.8. The maximum absolute atomic E-state index is 12.4. The van der Waals surface area contributed by atoms with Crippen LogP contribution >= 0.6 is 11.6 Å². The van der Waals surface area contributed by atoms with E-state index in [1.807, 2.05) is 0 Å². The number of rotatable bonds is 5. The number of ether oxygens (including phenoxy) is 2. The van der Waals surface area contributed by atoms with Gasteiger partial charge in [-0.2, -0.15) is 0 Å². The molecule has 0 unspecified atom stereocenters. The predicted molar refractivity (Wildman–Crippen MR) is 86.6 cm³/mol. The molecule has 2 aromatic carbocycles. The fourth-order valence-electron chi connectivity index (χ4n) is 1.81. The van der Waals surface area contributed by atoms with Crippen molar-refractivity contribution in [2.75, 3.05) is 18.9 Å². The molecule has 2 aromatic rings. The molecule has 0 fully saturated rings. The van der Waals surface area contributed by atoms with Crippen molar-refractivity contribution in [1.82, 2.24) is 0 Å². The Morgan fingerprint density at radius 3 is 2.30 bits per heavy atom. The summed E-state index contributed by atoms with van der Waals surface area (Å²) in [5, 5.41) is 0.111. The molecule has 0 saturated heterocycles. The van der Waals surface area contributed by atoms with Crippen LogP contribution in [0.15, 0.2) is 47.4 Å². The van der Waals surface area contributed by atoms with Gasteiger partial charge in [-0.25, -0.2) is 13.2 Å². The molecule has 0 amide bonds. The monoisotopic (exact) mass is 355 g/mol. The van der Waals surface area contributed by atoms with Gasteiger partial charge in [0.05, 0.1) is 29.7 Å². The SMILES string of the molecule is COC(=O)c1cc(S(=O)(=O)Nc2ccc(OC)cc2)ccc1Cl. The molecule has 0 aromatic heterocycles. The summed E-state index contributed by atoms with van der Waals surface area (Å²) in [6.45, 7) is 0. The van der Waals surface area contributed by atoms with E-state index >= 15 is 0 Å². The van der Waals surface area contributed by atoms with Crippen molar-refractivity contribution in [3.63, 3.8) is 0 Å². The molecule has 0 spiro atoms. The average molecular weight is 356 g/mol. The molecule has 0 bridgehead atoms. The number of hydrogen-bond donors (Lipinski definition) is 1. The molecular formula is C15H14ClNO5S. The molecular weight excluding hydrogens is 342 g/mol. The van der Waals surface area contributed by atoms with E-state index in [1.165, 1.54) is 32.4 Å². The summed E-state index contributed by atoms with van der Waals surface area (Å²) in [6, 6.07) is 10.2. The van der Waals surface area contributed by atoms with E-state index in [9.17, 15) is 13.2 Å². The van der Waals surface area contributed by atoms with Crippen molar-refractivity contribution in [3.05, 3.63) is 53.1 Å². The Labute approximate surface area is 139 Å². The van der Waals surface area contributed by atoms with Gasteiger partial charge in [0.25, 0.3) is 10.0 Å². The van der Waals surface area contributed by atoms with Gasteiger partial charge in [0.1, 0.15) is 5.75 Å². The molecule has 0 atom stereocenters. The number of nitrogens with one attached hydrogen (secondary N) is 1. The van der Waals surface area contributed by atoms with Crippen molar-refractivity contribution in [2.45, 2.75) is 4.90 Å². The molecule has 0 aliphatic rings. The fourth-order valence-corrected chi connectivity index (χ4v) is 3.09. The zero-order valence-electron chi connectivity index (χ0n) is 12.4. The van der Waals surface area contributed by atoms with Crippen LogP contribution in [0.4, 0.5) is 5.69 Å². The van der Waals surface area contributed by atoms with Gasteiger partial charge in [-0.1, -0.05) is 11.6 Å². The minimum atomic E-state index is -3.87. The molecule has 0 aliphatic carbocycles. The summed E-state index contributed by atoms with van der Waals surface area (Å²) >= 11 is 5.88. The summed E-state index contributed by atoms with van der Waals surface area (Å²) in [5.74, 6) is -0.107. The number of carbonyl (C=O) groups excluding carboxylic acids is 1. The molecule has 1 N–H and O–H groups in total. The molecule has 0 radical (unpaired) electrons. The topological polar surface area (TPSA) is 81.7 Å². The number of sulfonamides is 1. The lowest BCUT2D eigenvalue weighted by atomic mass is 10.2. The largest absolute Gasteiger partial charge is 0.497 e. The maximum Gasteiger partial charge on any atom is 0.339 e. The van der Waals surface area contributed by atoms with Crippen LogP contribution in [0.5, 0.6) is 5.75 Å². The fraction of sp³-hybridized carbons (Fsp3) is 0.133. The average Bonchev–Trinajstić information content (AvgIpc) is 2.54. The van der Waals surface area contributed by atoms with Crippen LogP contribution in [-0.2, 0) is 14.8 Å². The van der Waals surface area contributed by atoms with Crippen LogP contribution in [0, 0.1) is 0 Å². The zero-order valence-corrected chi connectivity index (χ0v) is 13.9. The standard InChI is InChI=1S/C15H14ClNO5S/c1-21-11-5-3-10(4-6-11)17-23(19,20)12-7-8-14(16)13(9-12)15(18)22-2/h3-9,17H,1-2H3. The first-order valence-electron chi connectivity index (χ1n) is 6.42. The Hall–Kier alpha value is -2.25. The summed E-state index contributed by atoms with van der Waals surface area (Å²) in [6.07, 6.45) is 0. The quantitative estimate of drug-likeness (QED) is 0.834. The first kappa shape index (κ1) is 17.1. The Morgan fingerprint density at radius 2 is 1.74 bits per heavy atom. The van der Waals surface area contributed by atoms with Crippen LogP contribution in [-0.4, -0.2) is 28.6 Å². The van der Waals surface area contributed by atoms with Gasteiger partial charge in [-0.3, -0.25) is 4.72 Å². The summed E-state index contributed by atoms with van der Waals surface area (Å²) in [4.78, 5) is 11.5. The molecule has 122 valence electrons. The number of anilines is 1. The number of methoxy groups -OCH3 is 2. The second-order valence-electron chi connectivity index (χ2n) is 4.47. The number of esters is 1. The number of carbonyl (C=O) groups is 1. The third kappa shape index (κ3) is 3.94. The highest BCUT2D eigenvalue weighted by molar-refractivity contribution is 7.92. The second-order valence-corrected chi connectivity index (χ2v) is 6.56. The molecule has 0 saturated carbocycles. The number of hydrogen-bond acceptors (Lipinski definition) is 5. The molecule has 8 heteroatoms. The first-order valence-corrected chi connectivity index (χ1v) is 8.28. The molecule has 0 aliphatic heterocycles. The third-order valence-electron chi connectivity index (χ3n) is 3.00. The first-order chi connectivity index (χ1) is 10.9. The lowest BCUT2D eigenvalue weighted by Gasteiger charge is -2.10. The molecule has 23 heavy (non-hydrogen) atoms. The lowest BCUT2D eigenvalue weighted by molar-refractivity contribution is 0.0600. The lowest BCUT2D eigenvalue weighted by Crippen LogP contribution is -2.14. The van der Waals surface area contributed by atoms with Crippen molar-refractivity contribution in [3.8, 4) is 5.75 Å². The predicted octanol–water partition coefficient (Wildman–Crippen LogP) is 2.94. The van der Waals surface area contributed by atoms with Crippen LogP contribution in [0.2, 0.25) is 5.02 Å². The summed E-state index contributed by atoms with van der Waals surface area (Å²) in [7, 11) is -1.17. The van der Waals surface area contributed by atoms with Crippen molar-refractivity contribution in [2.24, 2.45) is 0 Å². The highest BCUT2D eigenvalue weighted by Crippen LogP contribution is 2.24. The summed E-state index contributed by atoms with van der Waals surface area (Å²) in [5.41, 5.74) is 0.340. The van der Waals surface area contributed by atoms with Crippen molar-refractivity contribution in [1.29, 1.82) is 0 Å². The van der Waals surface area contributed by atoms with Crippen LogP contribution in [0.25, 0.3) is 0 Å². The van der Waals surface area contributed by atoms with Crippen molar-refractivity contribution < 1.29 is 22.7 Å². The van der Waals surface area contributed by atoms with Gasteiger partial charge in [-0.05, 0) is 42.5 Å². The van der Waals surface area contributed by atoms with Crippen LogP contribution < -0.4 is 9.46 Å². The maximum atomic E-state index is 12.4. The Balaban J connectivity index is 2.33. The van der Waals surface area contributed by atoms with E-state index in [4.69, 9.17) is 16.3 Å². The normalized spacial score (nSPS) is 10.9. The van der Waals surface area contributed by atoms with Gasteiger partial charge in [-0.15, -0.1) is 0 Å². The Bertz CT molecular complexity index is 818. The van der Waals surface area contributed by atoms with Gasteiger partial charge >= 0.3 is 5.97 Å². The van der Waals surface area contributed by atoms with E-state index in [0.29, 0.717) is 11.4 Å². The highest BCUT2D eigenvalue weighted by Gasteiger charge is 2.19. The Kier molecular flexibility index (Phi) is 5.12. The van der Waals surface area contributed by atoms with E-state index in [-0.39, 0.29) is 15.5 Å². The van der Waals surface area contributed by atoms with Crippen LogP contribution in [0.1, 0.15) is 10.4 Å². The molecule has 6 nitrogen and oxygen atoms in total. The van der Waals surface area contributed by atoms with Gasteiger partial charge < -0.3 is 9.47 Å². The molecule has 0 heterocycles. The number of halogens is 1. The van der Waals surface area contributed by atoms with Gasteiger partial charge in [0.15, 0.2) is 0 Å². The Morgan fingerprint density at radius 1 is 1.09 bits per heavy atom. The van der Waals surface area contributed by atoms with E-state index < -0.39 is 16.0 Å². The zero-order chi connectivity index (χ0) is 17.0. The third-order valence-corrected chi connectivity index (χ3v) is 4.70. The smallest absolute Gasteiger partial charge is 0.339 e. The van der Waals surface area contributed by atoms with Gasteiger partial charge in [0, 0.05) is 5.69 Å². The second kappa shape index (κ2) is 6.89. The minimum absolute atomic E-state index is 0.0215. The van der Waals surface area contributed by atoms with Crippen LogP contribution in [0.3, 0.4) is 0 Å².